The van der Waals surface area contributed by atoms with Crippen molar-refractivity contribution in [2.24, 2.45) is 5.73 Å². The molecule has 140 valence electrons. The van der Waals surface area contributed by atoms with Crippen molar-refractivity contribution in [1.82, 2.24) is 5.32 Å². The van der Waals surface area contributed by atoms with Gasteiger partial charge in [0.1, 0.15) is 6.04 Å². The smallest absolute Gasteiger partial charge is 0.240 e. The Morgan fingerprint density at radius 2 is 1.43 bits per heavy atom. The first-order valence-corrected chi connectivity index (χ1v) is 9.38. The van der Waals surface area contributed by atoms with Gasteiger partial charge in [0, 0.05) is 6.42 Å². The van der Waals surface area contributed by atoms with Crippen LogP contribution in [0.15, 0.2) is 72.8 Å². The minimum absolute atomic E-state index is 0.199. The highest BCUT2D eigenvalue weighted by molar-refractivity contribution is 5.98. The van der Waals surface area contributed by atoms with Crippen molar-refractivity contribution in [1.29, 1.82) is 0 Å². The van der Waals surface area contributed by atoms with Gasteiger partial charge < -0.3 is 11.1 Å². The van der Waals surface area contributed by atoms with Crippen LogP contribution < -0.4 is 11.1 Å². The summed E-state index contributed by atoms with van der Waals surface area (Å²) in [6.45, 7) is 1.98. The lowest BCUT2D eigenvalue weighted by atomic mass is 9.94. The van der Waals surface area contributed by atoms with Gasteiger partial charge in [-0.1, -0.05) is 72.8 Å². The summed E-state index contributed by atoms with van der Waals surface area (Å²) in [5, 5.41) is 2.90. The molecule has 3 aromatic rings. The minimum Gasteiger partial charge on any atom is -0.368 e. The second-order valence-corrected chi connectivity index (χ2v) is 7.20. The van der Waals surface area contributed by atoms with E-state index in [9.17, 15) is 9.59 Å². The summed E-state index contributed by atoms with van der Waals surface area (Å²) in [7, 11) is 0. The second kappa shape index (κ2) is 7.31. The van der Waals surface area contributed by atoms with E-state index in [4.69, 9.17) is 5.73 Å². The fourth-order valence-electron chi connectivity index (χ4n) is 3.97. The molecule has 4 nitrogen and oxygen atoms in total. The molecule has 1 atom stereocenters. The van der Waals surface area contributed by atoms with E-state index in [0.29, 0.717) is 6.42 Å². The number of nitrogens with two attached hydrogens (primary N) is 1. The number of amides is 2. The van der Waals surface area contributed by atoms with Gasteiger partial charge in [0.25, 0.3) is 0 Å². The first-order chi connectivity index (χ1) is 13.6. The third-order valence-electron chi connectivity index (χ3n) is 5.44. The average Bonchev–Trinajstić information content (AvgIpc) is 3.03. The molecule has 1 aliphatic carbocycles. The van der Waals surface area contributed by atoms with Gasteiger partial charge in [-0.25, -0.2) is 0 Å². The fraction of sp³-hybridized carbons (Fsp3) is 0.167. The predicted molar refractivity (Wildman–Crippen MR) is 110 cm³/mol. The Kier molecular flexibility index (Phi) is 4.70. The maximum absolute atomic E-state index is 13.2. The first-order valence-electron chi connectivity index (χ1n) is 9.38. The van der Waals surface area contributed by atoms with E-state index in [1.54, 1.807) is 0 Å². The van der Waals surface area contributed by atoms with Crippen molar-refractivity contribution in [3.05, 3.63) is 95.1 Å². The number of rotatable bonds is 5. The topological polar surface area (TPSA) is 72.2 Å². The van der Waals surface area contributed by atoms with E-state index in [2.05, 4.69) is 5.32 Å². The molecule has 0 saturated carbocycles. The van der Waals surface area contributed by atoms with Gasteiger partial charge in [0.15, 0.2) is 0 Å². The van der Waals surface area contributed by atoms with Crippen LogP contribution in [0, 0.1) is 6.92 Å². The molecule has 0 saturated heterocycles. The summed E-state index contributed by atoms with van der Waals surface area (Å²) in [4.78, 5) is 25.3. The molecule has 0 aliphatic heterocycles. The summed E-state index contributed by atoms with van der Waals surface area (Å²) in [5.74, 6) is -1.17. The normalized spacial score (nSPS) is 13.5. The van der Waals surface area contributed by atoms with Crippen LogP contribution in [0.2, 0.25) is 0 Å². The summed E-state index contributed by atoms with van der Waals surface area (Å²) in [6, 6.07) is 22.9. The molecule has 0 radical (unpaired) electrons. The number of primary amides is 1. The fourth-order valence-corrected chi connectivity index (χ4v) is 3.97. The second-order valence-electron chi connectivity index (χ2n) is 7.20. The Morgan fingerprint density at radius 1 is 0.893 bits per heavy atom. The van der Waals surface area contributed by atoms with Gasteiger partial charge in [-0.2, -0.15) is 0 Å². The molecule has 0 bridgehead atoms. The lowest BCUT2D eigenvalue weighted by molar-refractivity contribution is -0.127. The zero-order chi connectivity index (χ0) is 19.7. The largest absolute Gasteiger partial charge is 0.368 e. The highest BCUT2D eigenvalue weighted by Gasteiger charge is 2.34. The van der Waals surface area contributed by atoms with Crippen LogP contribution in [0.1, 0.15) is 28.2 Å². The van der Waals surface area contributed by atoms with Gasteiger partial charge in [0.2, 0.25) is 11.8 Å². The lowest BCUT2D eigenvalue weighted by Gasteiger charge is -2.20. The molecule has 4 heteroatoms. The number of hydrogen-bond acceptors (Lipinski definition) is 2. The van der Waals surface area contributed by atoms with Crippen LogP contribution in [-0.4, -0.2) is 17.9 Å². The molecular formula is C24H22N2O2. The van der Waals surface area contributed by atoms with Crippen LogP contribution in [0.5, 0.6) is 0 Å². The van der Waals surface area contributed by atoms with Gasteiger partial charge in [0.05, 0.1) is 5.92 Å². The standard InChI is InChI=1S/C24H22N2O2/c1-15-8-2-3-9-16(15)14-21(23(25)27)26-24(28)22-19-12-6-4-10-17(19)18-11-5-7-13-20(18)22/h2-13,21-22H,14H2,1H3,(H2,25,27)(H,26,28)/t21-/m0/s1. The van der Waals surface area contributed by atoms with Crippen LogP contribution >= 0.6 is 0 Å². The van der Waals surface area contributed by atoms with E-state index in [-0.39, 0.29) is 5.91 Å². The monoisotopic (exact) mass is 370 g/mol. The molecule has 4 rings (SSSR count). The van der Waals surface area contributed by atoms with Gasteiger partial charge in [-0.05, 0) is 40.3 Å². The number of fused-ring (bicyclic) bond motifs is 3. The third-order valence-corrected chi connectivity index (χ3v) is 5.44. The number of benzene rings is 3. The van der Waals surface area contributed by atoms with Crippen LogP contribution in [-0.2, 0) is 16.0 Å². The van der Waals surface area contributed by atoms with Crippen molar-refractivity contribution in [3.8, 4) is 11.1 Å². The van der Waals surface area contributed by atoms with Crippen molar-refractivity contribution in [2.75, 3.05) is 0 Å². The molecule has 1 aliphatic rings. The zero-order valence-electron chi connectivity index (χ0n) is 15.7. The van der Waals surface area contributed by atoms with Crippen LogP contribution in [0.25, 0.3) is 11.1 Å². The van der Waals surface area contributed by atoms with Crippen LogP contribution in [0.4, 0.5) is 0 Å². The van der Waals surface area contributed by atoms with Crippen molar-refractivity contribution >= 4 is 11.8 Å². The van der Waals surface area contributed by atoms with Crippen molar-refractivity contribution in [2.45, 2.75) is 25.3 Å². The number of carbonyl (C=O) groups is 2. The van der Waals surface area contributed by atoms with E-state index in [0.717, 1.165) is 33.4 Å². The van der Waals surface area contributed by atoms with E-state index in [1.807, 2.05) is 79.7 Å². The average molecular weight is 370 g/mol. The summed E-state index contributed by atoms with van der Waals surface area (Å²) >= 11 is 0. The molecule has 3 aromatic carbocycles. The molecule has 0 fully saturated rings. The highest BCUT2D eigenvalue weighted by Crippen LogP contribution is 2.44. The number of aryl methyl sites for hydroxylation is 1. The van der Waals surface area contributed by atoms with Crippen molar-refractivity contribution < 1.29 is 9.59 Å². The van der Waals surface area contributed by atoms with Gasteiger partial charge in [-0.3, -0.25) is 9.59 Å². The number of hydrogen-bond donors (Lipinski definition) is 2. The molecule has 28 heavy (non-hydrogen) atoms. The maximum Gasteiger partial charge on any atom is 0.240 e. The summed E-state index contributed by atoms with van der Waals surface area (Å²) in [6.07, 6.45) is 0.379. The van der Waals surface area contributed by atoms with E-state index < -0.39 is 17.9 Å². The Balaban J connectivity index is 1.63. The molecule has 0 spiro atoms. The predicted octanol–water partition coefficient (Wildman–Crippen LogP) is 3.32. The Bertz CT molecular complexity index is 1010. The molecule has 2 amide bonds. The summed E-state index contributed by atoms with van der Waals surface area (Å²) in [5.41, 5.74) is 11.7. The van der Waals surface area contributed by atoms with E-state index >= 15 is 0 Å². The molecular weight excluding hydrogens is 348 g/mol. The van der Waals surface area contributed by atoms with Crippen molar-refractivity contribution in [3.63, 3.8) is 0 Å². The Labute approximate surface area is 164 Å². The molecule has 0 heterocycles. The summed E-state index contributed by atoms with van der Waals surface area (Å²) < 4.78 is 0. The van der Waals surface area contributed by atoms with Gasteiger partial charge >= 0.3 is 0 Å². The van der Waals surface area contributed by atoms with Gasteiger partial charge in [-0.15, -0.1) is 0 Å². The highest BCUT2D eigenvalue weighted by atomic mass is 16.2. The Morgan fingerprint density at radius 3 is 2.00 bits per heavy atom. The quantitative estimate of drug-likeness (QED) is 0.723. The molecule has 0 aromatic heterocycles. The lowest BCUT2D eigenvalue weighted by Crippen LogP contribution is -2.47. The molecule has 0 unspecified atom stereocenters. The van der Waals surface area contributed by atoms with Crippen LogP contribution in [0.3, 0.4) is 0 Å². The maximum atomic E-state index is 13.2. The number of carbonyl (C=O) groups excluding carboxylic acids is 2. The third kappa shape index (κ3) is 3.18. The Hall–Kier alpha value is -3.40. The SMILES string of the molecule is Cc1ccccc1C[C@H](NC(=O)C1c2ccccc2-c2ccccc21)C(N)=O. The van der Waals surface area contributed by atoms with E-state index in [1.165, 1.54) is 0 Å². The first kappa shape index (κ1) is 18.0. The minimum atomic E-state index is -0.756. The zero-order valence-corrected chi connectivity index (χ0v) is 15.7. The number of nitrogens with one attached hydrogen (secondary N) is 1. The molecule has 3 N–H and O–H groups in total.